The maximum atomic E-state index is 13.6. The van der Waals surface area contributed by atoms with E-state index < -0.39 is 122 Å². The van der Waals surface area contributed by atoms with Crippen LogP contribution in [0, 0.1) is 11.8 Å². The molecule has 300 valence electrons. The maximum Gasteiger partial charge on any atom is 0.326 e. The molecule has 0 fully saturated rings. The van der Waals surface area contributed by atoms with Gasteiger partial charge in [-0.1, -0.05) is 34.1 Å². The molecular formula is C31H55N11O11. The number of carbonyl (C=O) groups excluding carboxylic acids is 7. The minimum absolute atomic E-state index is 0.0120. The fraction of sp³-hybridized carbons (Fsp3) is 0.677. The van der Waals surface area contributed by atoms with Crippen LogP contribution in [0.15, 0.2) is 4.99 Å². The summed E-state index contributed by atoms with van der Waals surface area (Å²) in [6.07, 6.45) is -0.742. The lowest BCUT2D eigenvalue weighted by Crippen LogP contribution is -2.59. The number of carboxylic acid groups (broad SMARTS) is 2. The van der Waals surface area contributed by atoms with Gasteiger partial charge in [-0.2, -0.15) is 0 Å². The number of rotatable bonds is 26. The molecule has 7 amide bonds. The van der Waals surface area contributed by atoms with E-state index in [-0.39, 0.29) is 37.7 Å². The number of aliphatic imine (C=N–C) groups is 1. The summed E-state index contributed by atoms with van der Waals surface area (Å²) in [5.74, 6) is -9.36. The van der Waals surface area contributed by atoms with Crippen molar-refractivity contribution in [3.63, 3.8) is 0 Å². The first-order valence-corrected chi connectivity index (χ1v) is 17.0. The van der Waals surface area contributed by atoms with Crippen molar-refractivity contribution in [1.82, 2.24) is 31.9 Å². The van der Waals surface area contributed by atoms with Gasteiger partial charge in [0.25, 0.3) is 0 Å². The van der Waals surface area contributed by atoms with E-state index in [9.17, 15) is 53.4 Å². The molecule has 53 heavy (non-hydrogen) atoms. The second kappa shape index (κ2) is 24.6. The summed E-state index contributed by atoms with van der Waals surface area (Å²) >= 11 is 0. The van der Waals surface area contributed by atoms with E-state index in [2.05, 4.69) is 36.9 Å². The highest BCUT2D eigenvalue weighted by Crippen LogP contribution is 2.12. The van der Waals surface area contributed by atoms with Gasteiger partial charge < -0.3 is 65.0 Å². The van der Waals surface area contributed by atoms with Crippen molar-refractivity contribution in [3.05, 3.63) is 0 Å². The van der Waals surface area contributed by atoms with Gasteiger partial charge in [-0.05, 0) is 37.5 Å². The standard InChI is InChI=1S/C31H55N11O11/c1-5-16(4)25(29(51)40-19(30(52)53)7-6-10-36-31(34)35)42-28(50)20(11-15(2)3)41-27(49)18(8-9-24(46)47)39-23(45)14-37-22(44)13-38-26(48)17(32)12-21(33)43/h15-20,25H,5-14,32H2,1-4H3,(H2,33,43)(H,37,44)(H,38,48)(H,39,45)(H,40,51)(H,41,49)(H,42,50)(H,46,47)(H,52,53)(H4,34,35,36)/t16-,17-,18-,19-,20-,25-/m0/s1. The fourth-order valence-electron chi connectivity index (χ4n) is 4.58. The van der Waals surface area contributed by atoms with E-state index in [1.807, 2.05) is 0 Å². The third-order valence-corrected chi connectivity index (χ3v) is 7.62. The summed E-state index contributed by atoms with van der Waals surface area (Å²) in [7, 11) is 0. The zero-order valence-electron chi connectivity index (χ0n) is 30.4. The van der Waals surface area contributed by atoms with Crippen molar-refractivity contribution >= 4 is 59.2 Å². The molecule has 0 rings (SSSR count). The predicted molar refractivity (Wildman–Crippen MR) is 189 cm³/mol. The van der Waals surface area contributed by atoms with Gasteiger partial charge in [0, 0.05) is 13.0 Å². The lowest BCUT2D eigenvalue weighted by Gasteiger charge is -2.29. The number of aliphatic carboxylic acids is 2. The van der Waals surface area contributed by atoms with Crippen molar-refractivity contribution < 1.29 is 53.4 Å². The Balaban J connectivity index is 5.76. The van der Waals surface area contributed by atoms with Crippen LogP contribution in [0.1, 0.15) is 72.6 Å². The van der Waals surface area contributed by atoms with Crippen LogP contribution in [0.5, 0.6) is 0 Å². The fourth-order valence-corrected chi connectivity index (χ4v) is 4.58. The number of hydrogen-bond donors (Lipinski definition) is 12. The molecule has 0 aliphatic heterocycles. The summed E-state index contributed by atoms with van der Waals surface area (Å²) in [6.45, 7) is 5.76. The van der Waals surface area contributed by atoms with Gasteiger partial charge in [-0.25, -0.2) is 4.79 Å². The second-order valence-corrected chi connectivity index (χ2v) is 12.7. The van der Waals surface area contributed by atoms with Gasteiger partial charge in [-0.3, -0.25) is 43.3 Å². The van der Waals surface area contributed by atoms with E-state index in [0.29, 0.717) is 6.42 Å². The monoisotopic (exact) mass is 757 g/mol. The molecule has 0 radical (unpaired) electrons. The number of carbonyl (C=O) groups is 9. The van der Waals surface area contributed by atoms with Crippen LogP contribution in [0.25, 0.3) is 0 Å². The van der Waals surface area contributed by atoms with Gasteiger partial charge >= 0.3 is 11.9 Å². The van der Waals surface area contributed by atoms with Crippen LogP contribution in [-0.4, -0.2) is 119 Å². The number of amides is 7. The first kappa shape index (κ1) is 47.5. The van der Waals surface area contributed by atoms with E-state index in [1.165, 1.54) is 0 Å². The van der Waals surface area contributed by atoms with Gasteiger partial charge in [0.1, 0.15) is 24.2 Å². The Hall–Kier alpha value is -5.54. The summed E-state index contributed by atoms with van der Waals surface area (Å²) in [5.41, 5.74) is 21.0. The number of nitrogens with two attached hydrogens (primary N) is 4. The third-order valence-electron chi connectivity index (χ3n) is 7.62. The first-order valence-electron chi connectivity index (χ1n) is 17.0. The number of primary amides is 1. The van der Waals surface area contributed by atoms with Crippen LogP contribution < -0.4 is 54.8 Å². The zero-order chi connectivity index (χ0) is 40.8. The number of guanidine groups is 1. The van der Waals surface area contributed by atoms with Crippen LogP contribution in [0.4, 0.5) is 0 Å². The molecule has 0 heterocycles. The Morgan fingerprint density at radius 2 is 1.28 bits per heavy atom. The Labute approximate surface area is 306 Å². The van der Waals surface area contributed by atoms with Crippen molar-refractivity contribution in [2.75, 3.05) is 19.6 Å². The highest BCUT2D eigenvalue weighted by Gasteiger charge is 2.34. The molecule has 0 aromatic heterocycles. The first-order chi connectivity index (χ1) is 24.7. The molecule has 0 aliphatic rings. The van der Waals surface area contributed by atoms with Gasteiger partial charge in [-0.15, -0.1) is 0 Å². The maximum absolute atomic E-state index is 13.6. The van der Waals surface area contributed by atoms with Gasteiger partial charge in [0.05, 0.1) is 25.6 Å². The van der Waals surface area contributed by atoms with Crippen molar-refractivity contribution in [2.45, 2.75) is 103 Å². The molecule has 0 aromatic carbocycles. The minimum atomic E-state index is -1.48. The predicted octanol–water partition coefficient (Wildman–Crippen LogP) is -4.54. The van der Waals surface area contributed by atoms with Crippen molar-refractivity contribution in [1.29, 1.82) is 0 Å². The van der Waals surface area contributed by atoms with Gasteiger partial charge in [0.2, 0.25) is 41.4 Å². The van der Waals surface area contributed by atoms with E-state index >= 15 is 0 Å². The normalized spacial score (nSPS) is 14.2. The number of nitrogens with zero attached hydrogens (tertiary/aromatic N) is 1. The Kier molecular flexibility index (Phi) is 22.0. The molecule has 0 unspecified atom stereocenters. The Morgan fingerprint density at radius 1 is 0.698 bits per heavy atom. The molecule has 0 spiro atoms. The van der Waals surface area contributed by atoms with Crippen molar-refractivity contribution in [3.8, 4) is 0 Å². The smallest absolute Gasteiger partial charge is 0.326 e. The van der Waals surface area contributed by atoms with Crippen LogP contribution in [0.3, 0.4) is 0 Å². The van der Waals surface area contributed by atoms with Crippen molar-refractivity contribution in [2.24, 2.45) is 39.8 Å². The molecule has 16 N–H and O–H groups in total. The summed E-state index contributed by atoms with van der Waals surface area (Å²) < 4.78 is 0. The average molecular weight is 758 g/mol. The Morgan fingerprint density at radius 3 is 1.81 bits per heavy atom. The van der Waals surface area contributed by atoms with E-state index in [0.717, 1.165) is 0 Å². The highest BCUT2D eigenvalue weighted by molar-refractivity contribution is 5.96. The van der Waals surface area contributed by atoms with Crippen LogP contribution in [-0.2, 0) is 43.2 Å². The summed E-state index contributed by atoms with van der Waals surface area (Å²) in [4.78, 5) is 115. The molecule has 22 nitrogen and oxygen atoms in total. The number of carboxylic acids is 2. The molecule has 6 atom stereocenters. The molecule has 0 saturated heterocycles. The molecule has 0 saturated carbocycles. The molecular weight excluding hydrogens is 702 g/mol. The van der Waals surface area contributed by atoms with E-state index in [1.54, 1.807) is 27.7 Å². The number of hydrogen-bond acceptors (Lipinski definition) is 11. The van der Waals surface area contributed by atoms with Gasteiger partial charge in [0.15, 0.2) is 5.96 Å². The molecule has 0 bridgehead atoms. The second-order valence-electron chi connectivity index (χ2n) is 12.7. The van der Waals surface area contributed by atoms with E-state index in [4.69, 9.17) is 22.9 Å². The average Bonchev–Trinajstić information content (AvgIpc) is 3.06. The quantitative estimate of drug-likeness (QED) is 0.0225. The lowest BCUT2D eigenvalue weighted by molar-refractivity contribution is -0.143. The largest absolute Gasteiger partial charge is 0.481 e. The SMILES string of the molecule is CC[C@H](C)[C@H](NC(=O)[C@H](CC(C)C)NC(=O)[C@H](CCC(=O)O)NC(=O)CNC(=O)CNC(=O)[C@@H](N)CC(N)=O)C(=O)N[C@@H](CCCN=C(N)N)C(=O)O. The van der Waals surface area contributed by atoms with Crippen LogP contribution in [0.2, 0.25) is 0 Å². The number of nitrogens with one attached hydrogen (secondary N) is 6. The van der Waals surface area contributed by atoms with Crippen LogP contribution >= 0.6 is 0 Å². The minimum Gasteiger partial charge on any atom is -0.481 e. The molecule has 0 aliphatic carbocycles. The topological polar surface area (TPSA) is 383 Å². The molecule has 22 heteroatoms. The third kappa shape index (κ3) is 20.8. The summed E-state index contributed by atoms with van der Waals surface area (Å²) in [5, 5.41) is 33.1. The molecule has 0 aromatic rings. The Bertz CT molecular complexity index is 1340. The lowest BCUT2D eigenvalue weighted by atomic mass is 9.96. The summed E-state index contributed by atoms with van der Waals surface area (Å²) in [6, 6.07) is -6.58. The zero-order valence-corrected chi connectivity index (χ0v) is 30.4. The highest BCUT2D eigenvalue weighted by atomic mass is 16.4.